The minimum atomic E-state index is -0.614. The molecule has 2 heteroatoms. The first-order valence-electron chi connectivity index (χ1n) is 12.4. The molecule has 3 rings (SSSR count). The first-order chi connectivity index (χ1) is 13.7. The molecule has 0 radical (unpaired) electrons. The van der Waals surface area contributed by atoms with Crippen molar-refractivity contribution >= 4 is 0 Å². The average Bonchev–Trinajstić information content (AvgIpc) is 2.77. The molecule has 0 spiro atoms. The molecule has 158 valence electrons. The summed E-state index contributed by atoms with van der Waals surface area (Å²) in [5.74, 6) is 4.92. The summed E-state index contributed by atoms with van der Waals surface area (Å²) in [5, 5.41) is 9.11. The van der Waals surface area contributed by atoms with Crippen LogP contribution >= 0.6 is 0 Å². The molecule has 3 aliphatic carbocycles. The number of nitriles is 1. The van der Waals surface area contributed by atoms with E-state index in [1.807, 2.05) is 6.92 Å². The zero-order chi connectivity index (χ0) is 19.8. The van der Waals surface area contributed by atoms with E-state index >= 15 is 0 Å². The van der Waals surface area contributed by atoms with Crippen LogP contribution in [0.15, 0.2) is 12.2 Å². The monoisotopic (exact) mass is 387 g/mol. The lowest BCUT2D eigenvalue weighted by Gasteiger charge is -2.40. The minimum Gasteiger partial charge on any atom is -0.247 e. The van der Waals surface area contributed by atoms with Crippen LogP contribution in [0.25, 0.3) is 0 Å². The van der Waals surface area contributed by atoms with Gasteiger partial charge in [0.1, 0.15) is 6.17 Å². The molecule has 0 amide bonds. The standard InChI is InChI=1S/C26H42FN/c1-2-26(27)6-4-3-5-20-7-11-22(12-8-20)24-15-17-25(18-16-24)23-13-9-21(19-28)10-14-23/h3,5,20-26H,2,4,6-18H2,1H3. The Bertz CT molecular complexity index is 497. The van der Waals surface area contributed by atoms with Crippen molar-refractivity contribution in [1.82, 2.24) is 0 Å². The van der Waals surface area contributed by atoms with E-state index in [-0.39, 0.29) is 0 Å². The first kappa shape index (κ1) is 21.9. The van der Waals surface area contributed by atoms with Crippen LogP contribution in [0.3, 0.4) is 0 Å². The zero-order valence-electron chi connectivity index (χ0n) is 18.1. The molecule has 28 heavy (non-hydrogen) atoms. The van der Waals surface area contributed by atoms with Crippen LogP contribution in [-0.2, 0) is 0 Å². The highest BCUT2D eigenvalue weighted by molar-refractivity contribution is 4.94. The van der Waals surface area contributed by atoms with E-state index in [9.17, 15) is 4.39 Å². The van der Waals surface area contributed by atoms with Gasteiger partial charge in [0, 0.05) is 5.92 Å². The summed E-state index contributed by atoms with van der Waals surface area (Å²) < 4.78 is 13.3. The van der Waals surface area contributed by atoms with E-state index < -0.39 is 6.17 Å². The number of halogens is 1. The van der Waals surface area contributed by atoms with Gasteiger partial charge in [-0.2, -0.15) is 5.26 Å². The van der Waals surface area contributed by atoms with Gasteiger partial charge in [-0.05, 0) is 126 Å². The van der Waals surface area contributed by atoms with Gasteiger partial charge in [0.2, 0.25) is 0 Å². The molecule has 1 unspecified atom stereocenters. The number of hydrogen-bond acceptors (Lipinski definition) is 1. The summed E-state index contributed by atoms with van der Waals surface area (Å²) in [4.78, 5) is 0. The van der Waals surface area contributed by atoms with Crippen molar-refractivity contribution in [2.45, 2.75) is 109 Å². The Morgan fingerprint density at radius 1 is 0.821 bits per heavy atom. The molecule has 0 aromatic heterocycles. The molecule has 0 aromatic carbocycles. The van der Waals surface area contributed by atoms with Gasteiger partial charge in [0.05, 0.1) is 6.07 Å². The van der Waals surface area contributed by atoms with Crippen LogP contribution in [0, 0.1) is 46.8 Å². The predicted molar refractivity (Wildman–Crippen MR) is 116 cm³/mol. The Labute approximate surface area is 173 Å². The number of allylic oxidation sites excluding steroid dienone is 2. The van der Waals surface area contributed by atoms with Gasteiger partial charge in [0.25, 0.3) is 0 Å². The molecule has 1 nitrogen and oxygen atoms in total. The Balaban J connectivity index is 1.32. The maximum Gasteiger partial charge on any atom is 0.100 e. The largest absolute Gasteiger partial charge is 0.247 e. The molecule has 3 aliphatic rings. The Morgan fingerprint density at radius 2 is 1.29 bits per heavy atom. The van der Waals surface area contributed by atoms with Crippen molar-refractivity contribution in [1.29, 1.82) is 5.26 Å². The number of alkyl halides is 1. The Kier molecular flexibility index (Phi) is 8.88. The summed E-state index contributed by atoms with van der Waals surface area (Å²) in [6.07, 6.45) is 22.6. The molecular formula is C26H42FN. The fourth-order valence-electron chi connectivity index (χ4n) is 6.39. The Morgan fingerprint density at radius 3 is 1.75 bits per heavy atom. The summed E-state index contributed by atoms with van der Waals surface area (Å²) in [6, 6.07) is 2.48. The SMILES string of the molecule is CCC(F)CCC=CC1CCC(C2CCC(C3CCC(C#N)CC3)CC2)CC1. The normalized spacial score (nSPS) is 38.2. The smallest absolute Gasteiger partial charge is 0.100 e. The molecule has 3 saturated carbocycles. The van der Waals surface area contributed by atoms with E-state index in [1.54, 1.807) is 0 Å². The van der Waals surface area contributed by atoms with Crippen molar-refractivity contribution in [3.05, 3.63) is 12.2 Å². The molecule has 0 saturated heterocycles. The van der Waals surface area contributed by atoms with Gasteiger partial charge >= 0.3 is 0 Å². The van der Waals surface area contributed by atoms with Crippen molar-refractivity contribution in [2.75, 3.05) is 0 Å². The first-order valence-corrected chi connectivity index (χ1v) is 12.4. The van der Waals surface area contributed by atoms with Crippen LogP contribution in [-0.4, -0.2) is 6.17 Å². The highest BCUT2D eigenvalue weighted by Crippen LogP contribution is 2.45. The fourth-order valence-corrected chi connectivity index (χ4v) is 6.39. The van der Waals surface area contributed by atoms with Crippen molar-refractivity contribution < 1.29 is 4.39 Å². The van der Waals surface area contributed by atoms with Gasteiger partial charge in [-0.15, -0.1) is 0 Å². The average molecular weight is 388 g/mol. The van der Waals surface area contributed by atoms with E-state index in [0.29, 0.717) is 18.8 Å². The maximum absolute atomic E-state index is 13.3. The predicted octanol–water partition coefficient (Wildman–Crippen LogP) is 8.01. The summed E-state index contributed by atoms with van der Waals surface area (Å²) >= 11 is 0. The summed E-state index contributed by atoms with van der Waals surface area (Å²) in [7, 11) is 0. The van der Waals surface area contributed by atoms with Crippen molar-refractivity contribution in [3.63, 3.8) is 0 Å². The van der Waals surface area contributed by atoms with Crippen LogP contribution in [0.5, 0.6) is 0 Å². The lowest BCUT2D eigenvalue weighted by Crippen LogP contribution is -2.29. The molecule has 0 heterocycles. The van der Waals surface area contributed by atoms with Gasteiger partial charge in [-0.3, -0.25) is 0 Å². The third kappa shape index (κ3) is 6.33. The van der Waals surface area contributed by atoms with Crippen molar-refractivity contribution in [3.8, 4) is 6.07 Å². The third-order valence-corrected chi connectivity index (χ3v) is 8.42. The molecule has 1 atom stereocenters. The molecule has 0 aromatic rings. The molecule has 0 aliphatic heterocycles. The van der Waals surface area contributed by atoms with E-state index in [0.717, 1.165) is 48.9 Å². The number of nitrogens with zero attached hydrogens (tertiary/aromatic N) is 1. The quantitative estimate of drug-likeness (QED) is 0.406. The molecule has 0 bridgehead atoms. The molecular weight excluding hydrogens is 345 g/mol. The minimum absolute atomic E-state index is 0.349. The highest BCUT2D eigenvalue weighted by atomic mass is 19.1. The fraction of sp³-hybridized carbons (Fsp3) is 0.885. The highest BCUT2D eigenvalue weighted by Gasteiger charge is 2.34. The van der Waals surface area contributed by atoms with Gasteiger partial charge in [0.15, 0.2) is 0 Å². The number of hydrogen-bond donors (Lipinski definition) is 0. The van der Waals surface area contributed by atoms with Gasteiger partial charge in [-0.1, -0.05) is 19.1 Å². The second-order valence-electron chi connectivity index (χ2n) is 10.1. The van der Waals surface area contributed by atoms with Crippen molar-refractivity contribution in [2.24, 2.45) is 35.5 Å². The van der Waals surface area contributed by atoms with Crippen LogP contribution in [0.2, 0.25) is 0 Å². The van der Waals surface area contributed by atoms with Crippen LogP contribution in [0.1, 0.15) is 103 Å². The maximum atomic E-state index is 13.3. The van der Waals surface area contributed by atoms with Gasteiger partial charge in [-0.25, -0.2) is 4.39 Å². The van der Waals surface area contributed by atoms with Gasteiger partial charge < -0.3 is 0 Å². The Hall–Kier alpha value is -0.840. The summed E-state index contributed by atoms with van der Waals surface area (Å²) in [6.45, 7) is 1.93. The summed E-state index contributed by atoms with van der Waals surface area (Å²) in [5.41, 5.74) is 0. The molecule has 3 fully saturated rings. The van der Waals surface area contributed by atoms with E-state index in [4.69, 9.17) is 5.26 Å². The second-order valence-corrected chi connectivity index (χ2v) is 10.1. The molecule has 0 N–H and O–H groups in total. The van der Waals surface area contributed by atoms with Crippen LogP contribution in [0.4, 0.5) is 4.39 Å². The number of rotatable bonds is 7. The second kappa shape index (κ2) is 11.4. The topological polar surface area (TPSA) is 23.8 Å². The third-order valence-electron chi connectivity index (χ3n) is 8.42. The van der Waals surface area contributed by atoms with E-state index in [1.165, 1.54) is 64.2 Å². The lowest BCUT2D eigenvalue weighted by atomic mass is 9.65. The van der Waals surface area contributed by atoms with E-state index in [2.05, 4.69) is 18.2 Å². The van der Waals surface area contributed by atoms with Crippen LogP contribution < -0.4 is 0 Å². The lowest BCUT2D eigenvalue weighted by molar-refractivity contribution is 0.113. The zero-order valence-corrected chi connectivity index (χ0v) is 18.1.